The minimum Gasteiger partial charge on any atom is -0.385 e. The molecule has 174 valence electrons. The van der Waals surface area contributed by atoms with Gasteiger partial charge in [0.2, 0.25) is 5.91 Å². The van der Waals surface area contributed by atoms with Crippen molar-refractivity contribution in [2.24, 2.45) is 0 Å². The second-order valence-corrected chi connectivity index (χ2v) is 7.65. The molecule has 0 aliphatic rings. The number of ether oxygens (including phenoxy) is 1. The Kier molecular flexibility index (Phi) is 8.04. The third-order valence-electron chi connectivity index (χ3n) is 5.27. The molecule has 1 amide bonds. The predicted molar refractivity (Wildman–Crippen MR) is 130 cm³/mol. The molecule has 0 aliphatic heterocycles. The van der Waals surface area contributed by atoms with Crippen molar-refractivity contribution < 1.29 is 9.53 Å². The van der Waals surface area contributed by atoms with Crippen LogP contribution < -0.4 is 26.8 Å². The molecule has 0 saturated carbocycles. The number of H-pyrrole nitrogens is 1. The molecule has 2 aromatic carbocycles. The van der Waals surface area contributed by atoms with Crippen molar-refractivity contribution in [1.82, 2.24) is 9.55 Å². The van der Waals surface area contributed by atoms with Crippen LogP contribution in [0, 0.1) is 0 Å². The maximum Gasteiger partial charge on any atom is 0.330 e. The number of nitrogen functional groups attached to an aromatic ring is 1. The van der Waals surface area contributed by atoms with Crippen LogP contribution in [0.1, 0.15) is 12.0 Å². The van der Waals surface area contributed by atoms with Crippen LogP contribution in [0.5, 0.6) is 0 Å². The van der Waals surface area contributed by atoms with E-state index in [1.807, 2.05) is 60.7 Å². The molecule has 0 aliphatic carbocycles. The van der Waals surface area contributed by atoms with Crippen LogP contribution in [-0.4, -0.2) is 49.3 Å². The first kappa shape index (κ1) is 23.8. The van der Waals surface area contributed by atoms with Crippen molar-refractivity contribution in [1.29, 1.82) is 0 Å². The third-order valence-corrected chi connectivity index (χ3v) is 5.27. The van der Waals surface area contributed by atoms with E-state index < -0.39 is 11.2 Å². The van der Waals surface area contributed by atoms with Crippen LogP contribution in [-0.2, 0) is 16.1 Å². The summed E-state index contributed by atoms with van der Waals surface area (Å²) in [6.07, 6.45) is 0.494. The highest BCUT2D eigenvalue weighted by Crippen LogP contribution is 2.20. The van der Waals surface area contributed by atoms with Gasteiger partial charge in [-0.3, -0.25) is 19.1 Å². The summed E-state index contributed by atoms with van der Waals surface area (Å²) in [4.78, 5) is 44.1. The number of nitrogens with one attached hydrogen (secondary N) is 1. The quantitative estimate of drug-likeness (QED) is 0.454. The van der Waals surface area contributed by atoms with Gasteiger partial charge in [-0.15, -0.1) is 0 Å². The minimum atomic E-state index is -0.699. The van der Waals surface area contributed by atoms with E-state index in [4.69, 9.17) is 10.5 Å². The molecule has 9 heteroatoms. The number of likely N-dealkylation sites (N-methyl/N-ethyl adjacent to an activating group) is 1. The van der Waals surface area contributed by atoms with Crippen LogP contribution in [0.3, 0.4) is 0 Å². The van der Waals surface area contributed by atoms with Crippen molar-refractivity contribution >= 4 is 23.1 Å². The number of carbonyl (C=O) groups excluding carboxylic acids is 1. The van der Waals surface area contributed by atoms with Crippen LogP contribution in [0.4, 0.5) is 17.2 Å². The number of hydrogen-bond donors (Lipinski definition) is 2. The molecular weight excluding hydrogens is 422 g/mol. The fourth-order valence-electron chi connectivity index (χ4n) is 3.55. The second kappa shape index (κ2) is 11.1. The molecule has 3 aromatic rings. The fraction of sp³-hybridized carbons (Fsp3) is 0.292. The zero-order chi connectivity index (χ0) is 23.8. The molecule has 0 atom stereocenters. The van der Waals surface area contributed by atoms with Crippen LogP contribution >= 0.6 is 0 Å². The number of anilines is 3. The Bertz CT molecular complexity index is 1170. The van der Waals surface area contributed by atoms with Gasteiger partial charge < -0.3 is 20.3 Å². The number of hydrogen-bond acceptors (Lipinski definition) is 6. The van der Waals surface area contributed by atoms with E-state index in [9.17, 15) is 14.4 Å². The molecular formula is C24H29N5O4. The normalized spacial score (nSPS) is 10.7. The molecule has 3 N–H and O–H groups in total. The summed E-state index contributed by atoms with van der Waals surface area (Å²) in [6.45, 7) is 0.804. The number of nitrogens with two attached hydrogens (primary N) is 1. The lowest BCUT2D eigenvalue weighted by Crippen LogP contribution is -2.45. The van der Waals surface area contributed by atoms with E-state index >= 15 is 0 Å². The topological polar surface area (TPSA) is 114 Å². The largest absolute Gasteiger partial charge is 0.385 e. The van der Waals surface area contributed by atoms with E-state index in [-0.39, 0.29) is 37.0 Å². The Morgan fingerprint density at radius 2 is 1.70 bits per heavy atom. The molecule has 1 heterocycles. The van der Waals surface area contributed by atoms with E-state index in [1.165, 1.54) is 9.47 Å². The van der Waals surface area contributed by atoms with Crippen LogP contribution in [0.15, 0.2) is 70.3 Å². The highest BCUT2D eigenvalue weighted by atomic mass is 16.5. The highest BCUT2D eigenvalue weighted by molar-refractivity contribution is 5.98. The number of para-hydroxylation sites is 1. The first-order valence-corrected chi connectivity index (χ1v) is 10.6. The van der Waals surface area contributed by atoms with E-state index in [0.717, 1.165) is 11.3 Å². The number of amides is 1. The smallest absolute Gasteiger partial charge is 0.330 e. The number of aromatic nitrogens is 2. The first-order chi connectivity index (χ1) is 15.9. The predicted octanol–water partition coefficient (Wildman–Crippen LogP) is 1.67. The standard InChI is InChI=1S/C24H29N5O4/c1-27(19-12-7-4-8-13-19)17-20(30)28(14-9-15-33-2)21-22(25)29(24(32)26-23(21)31)16-18-10-5-3-6-11-18/h3-8,10-13H,9,14-17,25H2,1-2H3,(H,26,31,32). The number of aromatic amines is 1. The molecule has 1 aromatic heterocycles. The fourth-order valence-corrected chi connectivity index (χ4v) is 3.55. The lowest BCUT2D eigenvalue weighted by atomic mass is 10.2. The zero-order valence-electron chi connectivity index (χ0n) is 18.9. The summed E-state index contributed by atoms with van der Waals surface area (Å²) in [5.74, 6) is -0.375. The number of methoxy groups -OCH3 is 1. The lowest BCUT2D eigenvalue weighted by Gasteiger charge is -2.27. The van der Waals surface area contributed by atoms with Crippen molar-refractivity contribution in [3.8, 4) is 0 Å². The van der Waals surface area contributed by atoms with Gasteiger partial charge >= 0.3 is 5.69 Å². The number of benzene rings is 2. The average molecular weight is 452 g/mol. The van der Waals surface area contributed by atoms with Gasteiger partial charge in [-0.05, 0) is 24.1 Å². The Morgan fingerprint density at radius 1 is 1.06 bits per heavy atom. The monoisotopic (exact) mass is 451 g/mol. The number of carbonyl (C=O) groups is 1. The van der Waals surface area contributed by atoms with Crippen molar-refractivity contribution in [3.05, 3.63) is 87.1 Å². The van der Waals surface area contributed by atoms with Crippen LogP contribution in [0.25, 0.3) is 0 Å². The van der Waals surface area contributed by atoms with Gasteiger partial charge in [0.1, 0.15) is 5.82 Å². The summed E-state index contributed by atoms with van der Waals surface area (Å²) in [5.41, 5.74) is 6.66. The number of nitrogens with zero attached hydrogens (tertiary/aromatic N) is 3. The summed E-state index contributed by atoms with van der Waals surface area (Å²) >= 11 is 0. The first-order valence-electron chi connectivity index (χ1n) is 10.6. The maximum absolute atomic E-state index is 13.3. The van der Waals surface area contributed by atoms with Gasteiger partial charge in [-0.1, -0.05) is 48.5 Å². The molecule has 3 rings (SSSR count). The molecule has 0 radical (unpaired) electrons. The summed E-state index contributed by atoms with van der Waals surface area (Å²) in [7, 11) is 3.36. The molecule has 9 nitrogen and oxygen atoms in total. The molecule has 0 unspecified atom stereocenters. The van der Waals surface area contributed by atoms with E-state index in [0.29, 0.717) is 13.0 Å². The summed E-state index contributed by atoms with van der Waals surface area (Å²) < 4.78 is 6.39. The van der Waals surface area contributed by atoms with Crippen LogP contribution in [0.2, 0.25) is 0 Å². The van der Waals surface area contributed by atoms with E-state index in [2.05, 4.69) is 4.98 Å². The highest BCUT2D eigenvalue weighted by Gasteiger charge is 2.25. The van der Waals surface area contributed by atoms with E-state index in [1.54, 1.807) is 19.1 Å². The van der Waals surface area contributed by atoms with Gasteiger partial charge in [0.15, 0.2) is 5.69 Å². The van der Waals surface area contributed by atoms with Gasteiger partial charge in [-0.2, -0.15) is 0 Å². The minimum absolute atomic E-state index is 0.0215. The molecule has 0 bridgehead atoms. The lowest BCUT2D eigenvalue weighted by molar-refractivity contribution is -0.117. The van der Waals surface area contributed by atoms with Gasteiger partial charge in [-0.25, -0.2) is 4.79 Å². The Morgan fingerprint density at radius 3 is 2.33 bits per heavy atom. The number of rotatable bonds is 10. The average Bonchev–Trinajstić information content (AvgIpc) is 2.82. The van der Waals surface area contributed by atoms with Gasteiger partial charge in [0, 0.05) is 33.0 Å². The molecule has 0 spiro atoms. The Labute approximate surface area is 192 Å². The Hall–Kier alpha value is -3.85. The van der Waals surface area contributed by atoms with Crippen molar-refractivity contribution in [2.75, 3.05) is 49.4 Å². The van der Waals surface area contributed by atoms with Gasteiger partial charge in [0.25, 0.3) is 5.56 Å². The summed E-state index contributed by atoms with van der Waals surface area (Å²) in [6, 6.07) is 18.7. The Balaban J connectivity index is 1.97. The second-order valence-electron chi connectivity index (χ2n) is 7.65. The van der Waals surface area contributed by atoms with Crippen molar-refractivity contribution in [2.45, 2.75) is 13.0 Å². The van der Waals surface area contributed by atoms with Gasteiger partial charge in [0.05, 0.1) is 13.1 Å². The molecule has 0 fully saturated rings. The summed E-state index contributed by atoms with van der Waals surface area (Å²) in [5, 5.41) is 0. The molecule has 33 heavy (non-hydrogen) atoms. The van der Waals surface area contributed by atoms with Crippen molar-refractivity contribution in [3.63, 3.8) is 0 Å². The molecule has 0 saturated heterocycles. The zero-order valence-corrected chi connectivity index (χ0v) is 18.9. The SMILES string of the molecule is COCCCN(C(=O)CN(C)c1ccccc1)c1c(N)n(Cc2ccccc2)c(=O)[nH]c1=O. The maximum atomic E-state index is 13.3. The third kappa shape index (κ3) is 5.89.